The predicted molar refractivity (Wildman–Crippen MR) is 106 cm³/mol. The molecule has 0 fully saturated rings. The zero-order chi connectivity index (χ0) is 18.8. The smallest absolute Gasteiger partial charge is 0.226 e. The van der Waals surface area contributed by atoms with Gasteiger partial charge in [0.25, 0.3) is 0 Å². The highest BCUT2D eigenvalue weighted by atomic mass is 16.5. The summed E-state index contributed by atoms with van der Waals surface area (Å²) in [5.74, 6) is 1.50. The number of hydrogen-bond acceptors (Lipinski definition) is 3. The summed E-state index contributed by atoms with van der Waals surface area (Å²) in [7, 11) is 0. The fourth-order valence-corrected chi connectivity index (χ4v) is 3.45. The average molecular weight is 359 g/mol. The molecule has 1 aliphatic heterocycles. The van der Waals surface area contributed by atoms with E-state index in [-0.39, 0.29) is 11.8 Å². The zero-order valence-electron chi connectivity index (χ0n) is 15.2. The van der Waals surface area contributed by atoms with Crippen molar-refractivity contribution in [3.05, 3.63) is 84.1 Å². The predicted octanol–water partition coefficient (Wildman–Crippen LogP) is 4.22. The second-order valence-electron chi connectivity index (χ2n) is 6.62. The number of aryl methyl sites for hydroxylation is 1. The maximum Gasteiger partial charge on any atom is 0.226 e. The summed E-state index contributed by atoms with van der Waals surface area (Å²) in [5, 5.41) is 7.56. The van der Waals surface area contributed by atoms with Crippen LogP contribution in [0.5, 0.6) is 5.75 Å². The van der Waals surface area contributed by atoms with E-state index in [1.807, 2.05) is 66.3 Å². The summed E-state index contributed by atoms with van der Waals surface area (Å²) in [6.07, 6.45) is 3.97. The molecule has 1 atom stereocenters. The molecule has 1 aliphatic rings. The number of nitrogens with one attached hydrogen (secondary N) is 1. The highest BCUT2D eigenvalue weighted by molar-refractivity contribution is 5.94. The van der Waals surface area contributed by atoms with E-state index in [2.05, 4.69) is 17.0 Å². The van der Waals surface area contributed by atoms with Gasteiger partial charge < -0.3 is 10.1 Å². The number of hydrogen-bond donors (Lipinski definition) is 1. The number of carbonyl (C=O) groups is 1. The number of para-hydroxylation sites is 1. The molecule has 136 valence electrons. The van der Waals surface area contributed by atoms with E-state index in [0.29, 0.717) is 13.0 Å². The van der Waals surface area contributed by atoms with Crippen molar-refractivity contribution in [2.75, 3.05) is 11.9 Å². The summed E-state index contributed by atoms with van der Waals surface area (Å²) < 4.78 is 7.37. The summed E-state index contributed by atoms with van der Waals surface area (Å²) in [6, 6.07) is 15.9. The third-order valence-corrected chi connectivity index (χ3v) is 4.81. The molecule has 4 rings (SSSR count). The number of fused-ring (bicyclic) bond motifs is 1. The van der Waals surface area contributed by atoms with Crippen LogP contribution in [0.1, 0.15) is 29.0 Å². The number of nitrogens with zero attached hydrogens (tertiary/aromatic N) is 2. The monoisotopic (exact) mass is 359 g/mol. The van der Waals surface area contributed by atoms with E-state index in [1.165, 1.54) is 0 Å². The molecular formula is C22H21N3O2. The van der Waals surface area contributed by atoms with E-state index in [1.54, 1.807) is 6.08 Å². The number of rotatable bonds is 5. The number of amides is 1. The second-order valence-corrected chi connectivity index (χ2v) is 6.62. The number of carbonyl (C=O) groups excluding carboxylic acids is 1. The first-order valence-electron chi connectivity index (χ1n) is 8.95. The van der Waals surface area contributed by atoms with Gasteiger partial charge in [-0.25, -0.2) is 4.68 Å². The van der Waals surface area contributed by atoms with Gasteiger partial charge in [-0.2, -0.15) is 5.10 Å². The Labute approximate surface area is 158 Å². The Morgan fingerprint density at radius 1 is 1.26 bits per heavy atom. The Hall–Kier alpha value is -3.34. The van der Waals surface area contributed by atoms with Crippen molar-refractivity contribution in [2.24, 2.45) is 0 Å². The lowest BCUT2D eigenvalue weighted by Gasteiger charge is -2.24. The van der Waals surface area contributed by atoms with E-state index >= 15 is 0 Å². The van der Waals surface area contributed by atoms with Crippen LogP contribution in [0.2, 0.25) is 0 Å². The molecule has 27 heavy (non-hydrogen) atoms. The molecule has 2 heterocycles. The van der Waals surface area contributed by atoms with Crippen molar-refractivity contribution in [1.29, 1.82) is 0 Å². The Balaban J connectivity index is 1.71. The molecule has 0 aliphatic carbocycles. The maximum absolute atomic E-state index is 12.4. The average Bonchev–Trinajstić information content (AvgIpc) is 3.10. The number of aromatic nitrogens is 2. The molecule has 1 aromatic heterocycles. The quantitative estimate of drug-likeness (QED) is 0.694. The molecule has 1 amide bonds. The molecule has 0 saturated carbocycles. The fraction of sp³-hybridized carbons (Fsp3) is 0.182. The van der Waals surface area contributed by atoms with Gasteiger partial charge in [0.1, 0.15) is 18.2 Å². The highest BCUT2D eigenvalue weighted by Gasteiger charge is 2.30. The van der Waals surface area contributed by atoms with Crippen LogP contribution in [0.25, 0.3) is 5.69 Å². The van der Waals surface area contributed by atoms with Gasteiger partial charge >= 0.3 is 0 Å². The van der Waals surface area contributed by atoms with E-state index < -0.39 is 0 Å². The van der Waals surface area contributed by atoms with Crippen molar-refractivity contribution in [1.82, 2.24) is 9.78 Å². The Morgan fingerprint density at radius 3 is 2.78 bits per heavy atom. The van der Waals surface area contributed by atoms with Crippen LogP contribution in [0.4, 0.5) is 5.82 Å². The molecular weight excluding hydrogens is 338 g/mol. The summed E-state index contributed by atoms with van der Waals surface area (Å²) in [6.45, 7) is 6.16. The minimum atomic E-state index is -0.0278. The molecule has 0 spiro atoms. The van der Waals surface area contributed by atoms with Crippen LogP contribution in [-0.4, -0.2) is 22.3 Å². The minimum Gasteiger partial charge on any atom is -0.490 e. The Bertz CT molecular complexity index is 989. The third-order valence-electron chi connectivity index (χ3n) is 4.81. The molecule has 1 N–H and O–H groups in total. The van der Waals surface area contributed by atoms with Crippen molar-refractivity contribution >= 4 is 11.7 Å². The standard InChI is InChI=1S/C22H21N3O2/c1-3-12-27-17-10-8-16(9-11-17)18-13-21(26)24-22-19(18)14-23-25(22)20-7-5-4-6-15(20)2/h3-11,14,18H,1,12-13H2,2H3,(H,24,26). The van der Waals surface area contributed by atoms with Crippen molar-refractivity contribution in [3.63, 3.8) is 0 Å². The Morgan fingerprint density at radius 2 is 2.04 bits per heavy atom. The van der Waals surface area contributed by atoms with Crippen LogP contribution in [0.15, 0.2) is 67.4 Å². The highest BCUT2D eigenvalue weighted by Crippen LogP contribution is 2.38. The largest absolute Gasteiger partial charge is 0.490 e. The summed E-state index contributed by atoms with van der Waals surface area (Å²) in [4.78, 5) is 12.4. The van der Waals surface area contributed by atoms with Gasteiger partial charge in [0.15, 0.2) is 0 Å². The van der Waals surface area contributed by atoms with Crippen molar-refractivity contribution < 1.29 is 9.53 Å². The van der Waals surface area contributed by atoms with Gasteiger partial charge in [-0.15, -0.1) is 0 Å². The molecule has 1 unspecified atom stereocenters. The van der Waals surface area contributed by atoms with E-state index in [0.717, 1.165) is 33.9 Å². The fourth-order valence-electron chi connectivity index (χ4n) is 3.45. The topological polar surface area (TPSA) is 56.1 Å². The number of ether oxygens (including phenoxy) is 1. The molecule has 2 aromatic carbocycles. The third kappa shape index (κ3) is 3.24. The molecule has 5 heteroatoms. The van der Waals surface area contributed by atoms with E-state index in [9.17, 15) is 4.79 Å². The van der Waals surface area contributed by atoms with Crippen LogP contribution in [0, 0.1) is 6.92 Å². The lowest BCUT2D eigenvalue weighted by Crippen LogP contribution is -2.24. The molecule has 5 nitrogen and oxygen atoms in total. The maximum atomic E-state index is 12.4. The molecule has 3 aromatic rings. The minimum absolute atomic E-state index is 0.00480. The van der Waals surface area contributed by atoms with Crippen LogP contribution in [0.3, 0.4) is 0 Å². The van der Waals surface area contributed by atoms with Crippen LogP contribution < -0.4 is 10.1 Å². The first-order chi connectivity index (χ1) is 13.2. The first-order valence-corrected chi connectivity index (χ1v) is 8.95. The molecule has 0 bridgehead atoms. The first kappa shape index (κ1) is 17.1. The molecule has 0 radical (unpaired) electrons. The van der Waals surface area contributed by atoms with E-state index in [4.69, 9.17) is 4.74 Å². The van der Waals surface area contributed by atoms with Gasteiger partial charge in [-0.1, -0.05) is 43.0 Å². The van der Waals surface area contributed by atoms with Crippen molar-refractivity contribution in [2.45, 2.75) is 19.3 Å². The summed E-state index contributed by atoms with van der Waals surface area (Å²) in [5.41, 5.74) is 4.16. The van der Waals surface area contributed by atoms with Crippen LogP contribution >= 0.6 is 0 Å². The van der Waals surface area contributed by atoms with Gasteiger partial charge in [-0.05, 0) is 36.2 Å². The lowest BCUT2D eigenvalue weighted by atomic mass is 9.87. The molecule has 0 saturated heterocycles. The van der Waals surface area contributed by atoms with Crippen LogP contribution in [-0.2, 0) is 4.79 Å². The second kappa shape index (κ2) is 7.11. The number of benzene rings is 2. The number of anilines is 1. The normalized spacial score (nSPS) is 15.7. The summed E-state index contributed by atoms with van der Waals surface area (Å²) >= 11 is 0. The van der Waals surface area contributed by atoms with Gasteiger partial charge in [0, 0.05) is 17.9 Å². The van der Waals surface area contributed by atoms with Gasteiger partial charge in [0.2, 0.25) is 5.91 Å². The van der Waals surface area contributed by atoms with Crippen molar-refractivity contribution in [3.8, 4) is 11.4 Å². The Kier molecular flexibility index (Phi) is 4.50. The van der Waals surface area contributed by atoms with Gasteiger partial charge in [0.05, 0.1) is 11.9 Å². The van der Waals surface area contributed by atoms with Gasteiger partial charge in [-0.3, -0.25) is 4.79 Å². The zero-order valence-corrected chi connectivity index (χ0v) is 15.2. The lowest BCUT2D eigenvalue weighted by molar-refractivity contribution is -0.116. The SMILES string of the molecule is C=CCOc1ccc(C2CC(=O)Nc3c2cnn3-c2ccccc2C)cc1.